The lowest BCUT2D eigenvalue weighted by molar-refractivity contribution is -0.132. The predicted molar refractivity (Wildman–Crippen MR) is 122 cm³/mol. The van der Waals surface area contributed by atoms with Crippen LogP contribution in [0, 0.1) is 5.92 Å². The third-order valence-electron chi connectivity index (χ3n) is 5.15. The first-order valence-corrected chi connectivity index (χ1v) is 12.0. The summed E-state index contributed by atoms with van der Waals surface area (Å²) in [4.78, 5) is 12.2. The van der Waals surface area contributed by atoms with E-state index in [4.69, 9.17) is 16.8 Å². The summed E-state index contributed by atoms with van der Waals surface area (Å²) >= 11 is 5.91. The largest absolute Gasteiger partial charge is 0.289 e. The fourth-order valence-corrected chi connectivity index (χ4v) is 5.15. The molecule has 0 aromatic heterocycles. The maximum atomic E-state index is 12.9. The van der Waals surface area contributed by atoms with Crippen molar-refractivity contribution in [1.29, 1.82) is 0 Å². The first kappa shape index (κ1) is 23.0. The zero-order chi connectivity index (χ0) is 22.3. The van der Waals surface area contributed by atoms with Crippen molar-refractivity contribution < 1.29 is 18.4 Å². The van der Waals surface area contributed by atoms with E-state index in [0.29, 0.717) is 17.9 Å². The normalized spacial score (nSPS) is 12.3. The number of halogens is 1. The fourth-order valence-electron chi connectivity index (χ4n) is 3.44. The lowest BCUT2D eigenvalue weighted by atomic mass is 10.0. The molecule has 3 aromatic rings. The van der Waals surface area contributed by atoms with Gasteiger partial charge in [-0.05, 0) is 60.2 Å². The van der Waals surface area contributed by atoms with Crippen LogP contribution in [0.15, 0.2) is 83.8 Å². The molecule has 31 heavy (non-hydrogen) atoms. The van der Waals surface area contributed by atoms with Gasteiger partial charge in [0.05, 0.1) is 16.6 Å². The number of hydroxylamine groups is 1. The van der Waals surface area contributed by atoms with Crippen LogP contribution >= 0.6 is 11.6 Å². The van der Waals surface area contributed by atoms with Crippen LogP contribution in [0.1, 0.15) is 18.4 Å². The molecule has 0 aliphatic rings. The molecule has 1 amide bonds. The van der Waals surface area contributed by atoms with E-state index in [0.717, 1.165) is 23.1 Å². The van der Waals surface area contributed by atoms with Crippen molar-refractivity contribution in [3.63, 3.8) is 0 Å². The summed E-state index contributed by atoms with van der Waals surface area (Å²) in [5, 5.41) is 9.70. The Bertz CT molecular complexity index is 1100. The molecule has 5 nitrogen and oxygen atoms in total. The second kappa shape index (κ2) is 10.6. The minimum Gasteiger partial charge on any atom is -0.289 e. The highest BCUT2D eigenvalue weighted by Gasteiger charge is 2.26. The Balaban J connectivity index is 1.69. The zero-order valence-electron chi connectivity index (χ0n) is 16.9. The Morgan fingerprint density at radius 1 is 0.903 bits per heavy atom. The summed E-state index contributed by atoms with van der Waals surface area (Å²) < 4.78 is 25.8. The minimum absolute atomic E-state index is 0.143. The number of amides is 1. The van der Waals surface area contributed by atoms with Crippen molar-refractivity contribution >= 4 is 27.3 Å². The summed E-state index contributed by atoms with van der Waals surface area (Å²) in [6.45, 7) is 0. The molecule has 2 N–H and O–H groups in total. The molecule has 0 radical (unpaired) electrons. The summed E-state index contributed by atoms with van der Waals surface area (Å²) in [6.07, 6.45) is 1.71. The number of carbonyl (C=O) groups is 1. The number of hydrogen-bond donors (Lipinski definition) is 2. The monoisotopic (exact) mass is 457 g/mol. The van der Waals surface area contributed by atoms with Crippen molar-refractivity contribution in [3.05, 3.63) is 89.4 Å². The second-order valence-electron chi connectivity index (χ2n) is 7.36. The molecule has 0 saturated heterocycles. The lowest BCUT2D eigenvalue weighted by Gasteiger charge is -2.15. The van der Waals surface area contributed by atoms with E-state index in [9.17, 15) is 13.2 Å². The van der Waals surface area contributed by atoms with Crippen LogP contribution in [-0.4, -0.2) is 25.3 Å². The Kier molecular flexibility index (Phi) is 7.85. The van der Waals surface area contributed by atoms with Gasteiger partial charge in [0.25, 0.3) is 0 Å². The number of hydrogen-bond acceptors (Lipinski definition) is 4. The van der Waals surface area contributed by atoms with Gasteiger partial charge >= 0.3 is 0 Å². The predicted octanol–water partition coefficient (Wildman–Crippen LogP) is 4.93. The van der Waals surface area contributed by atoms with Crippen LogP contribution in [0.4, 0.5) is 0 Å². The van der Waals surface area contributed by atoms with Gasteiger partial charge in [0.15, 0.2) is 9.84 Å². The molecule has 162 valence electrons. The first-order valence-electron chi connectivity index (χ1n) is 9.95. The fraction of sp³-hybridized carbons (Fsp3) is 0.208. The number of aryl methyl sites for hydroxylation is 1. The Labute approximate surface area is 187 Å². The van der Waals surface area contributed by atoms with Gasteiger partial charge < -0.3 is 0 Å². The van der Waals surface area contributed by atoms with E-state index in [-0.39, 0.29) is 10.6 Å². The summed E-state index contributed by atoms with van der Waals surface area (Å²) in [5.74, 6) is -1.89. The minimum atomic E-state index is -3.71. The zero-order valence-corrected chi connectivity index (χ0v) is 18.4. The quantitative estimate of drug-likeness (QED) is 0.352. The highest BCUT2D eigenvalue weighted by molar-refractivity contribution is 7.91. The van der Waals surface area contributed by atoms with E-state index in [1.54, 1.807) is 29.7 Å². The molecular weight excluding hydrogens is 434 g/mol. The standard InChI is InChI=1S/C24H24ClNO4S/c25-22-13-9-19(10-14-22)20-11-15-23(16-12-20)31(29,30)17-21(24(27)26-28)8-4-7-18-5-2-1-3-6-18/h1-3,5-6,9-16,21,28H,4,7-8,17H2,(H,26,27). The Hall–Kier alpha value is -2.67. The topological polar surface area (TPSA) is 83.5 Å². The molecule has 0 spiro atoms. The number of sulfone groups is 1. The van der Waals surface area contributed by atoms with Gasteiger partial charge in [-0.25, -0.2) is 13.9 Å². The molecule has 3 aromatic carbocycles. The molecule has 3 rings (SSSR count). The number of rotatable bonds is 9. The van der Waals surface area contributed by atoms with Crippen LogP contribution in [0.25, 0.3) is 11.1 Å². The van der Waals surface area contributed by atoms with E-state index >= 15 is 0 Å². The lowest BCUT2D eigenvalue weighted by Crippen LogP contribution is -2.33. The molecule has 0 aliphatic carbocycles. The van der Waals surface area contributed by atoms with E-state index in [2.05, 4.69) is 0 Å². The molecular formula is C24H24ClNO4S. The molecule has 1 atom stereocenters. The second-order valence-corrected chi connectivity index (χ2v) is 9.83. The van der Waals surface area contributed by atoms with Gasteiger partial charge in [-0.2, -0.15) is 0 Å². The van der Waals surface area contributed by atoms with Gasteiger partial charge in [-0.15, -0.1) is 0 Å². The van der Waals surface area contributed by atoms with Gasteiger partial charge in [-0.1, -0.05) is 66.2 Å². The summed E-state index contributed by atoms with van der Waals surface area (Å²) in [6, 6.07) is 23.6. The highest BCUT2D eigenvalue weighted by Crippen LogP contribution is 2.25. The van der Waals surface area contributed by atoms with E-state index < -0.39 is 21.7 Å². The Morgan fingerprint density at radius 3 is 2.06 bits per heavy atom. The van der Waals surface area contributed by atoms with Crippen molar-refractivity contribution in [2.24, 2.45) is 5.92 Å². The van der Waals surface area contributed by atoms with Crippen LogP contribution in [0.3, 0.4) is 0 Å². The van der Waals surface area contributed by atoms with E-state index in [1.807, 2.05) is 42.5 Å². The molecule has 1 unspecified atom stereocenters. The molecule has 0 heterocycles. The third kappa shape index (κ3) is 6.40. The Morgan fingerprint density at radius 2 is 1.48 bits per heavy atom. The number of carbonyl (C=O) groups excluding carboxylic acids is 1. The summed E-state index contributed by atoms with van der Waals surface area (Å²) in [7, 11) is -3.71. The number of benzene rings is 3. The van der Waals surface area contributed by atoms with Crippen LogP contribution in [-0.2, 0) is 21.1 Å². The van der Waals surface area contributed by atoms with Crippen molar-refractivity contribution in [1.82, 2.24) is 5.48 Å². The van der Waals surface area contributed by atoms with Gasteiger partial charge in [0.2, 0.25) is 5.91 Å². The van der Waals surface area contributed by atoms with Crippen LogP contribution in [0.2, 0.25) is 5.02 Å². The molecule has 0 bridgehead atoms. The molecule has 0 aliphatic heterocycles. The van der Waals surface area contributed by atoms with Crippen molar-refractivity contribution in [2.75, 3.05) is 5.75 Å². The average Bonchev–Trinajstić information content (AvgIpc) is 2.79. The van der Waals surface area contributed by atoms with Crippen molar-refractivity contribution in [2.45, 2.75) is 24.2 Å². The van der Waals surface area contributed by atoms with Crippen molar-refractivity contribution in [3.8, 4) is 11.1 Å². The average molecular weight is 458 g/mol. The van der Waals surface area contributed by atoms with E-state index in [1.165, 1.54) is 12.1 Å². The van der Waals surface area contributed by atoms with Gasteiger partial charge in [0.1, 0.15) is 0 Å². The molecule has 0 saturated carbocycles. The molecule has 0 fully saturated rings. The van der Waals surface area contributed by atoms with Gasteiger partial charge in [0, 0.05) is 5.02 Å². The SMILES string of the molecule is O=C(NO)C(CCCc1ccccc1)CS(=O)(=O)c1ccc(-c2ccc(Cl)cc2)cc1. The maximum Gasteiger partial charge on any atom is 0.247 e. The molecule has 7 heteroatoms. The maximum absolute atomic E-state index is 12.9. The first-order chi connectivity index (χ1) is 14.9. The van der Waals surface area contributed by atoms with Crippen LogP contribution < -0.4 is 5.48 Å². The summed E-state index contributed by atoms with van der Waals surface area (Å²) in [5.41, 5.74) is 4.51. The number of nitrogens with one attached hydrogen (secondary N) is 1. The smallest absolute Gasteiger partial charge is 0.247 e. The third-order valence-corrected chi connectivity index (χ3v) is 7.24. The van der Waals surface area contributed by atoms with Crippen LogP contribution in [0.5, 0.6) is 0 Å². The highest BCUT2D eigenvalue weighted by atomic mass is 35.5. The van der Waals surface area contributed by atoms with Gasteiger partial charge in [-0.3, -0.25) is 10.0 Å².